The second-order valence-electron chi connectivity index (χ2n) is 2.95. The van der Waals surface area contributed by atoms with Gasteiger partial charge in [0.25, 0.3) is 0 Å². The topological polar surface area (TPSA) is 76.7 Å². The van der Waals surface area contributed by atoms with E-state index in [1.54, 1.807) is 24.3 Å². The van der Waals surface area contributed by atoms with E-state index in [2.05, 4.69) is 5.29 Å². The van der Waals surface area contributed by atoms with Gasteiger partial charge in [0, 0.05) is 0 Å². The lowest BCUT2D eigenvalue weighted by Gasteiger charge is -2.22. The van der Waals surface area contributed by atoms with E-state index in [1.807, 2.05) is 12.1 Å². The van der Waals surface area contributed by atoms with E-state index in [-0.39, 0.29) is 13.2 Å². The zero-order chi connectivity index (χ0) is 11.1. The third kappa shape index (κ3) is 2.76. The molecule has 78 valence electrons. The summed E-state index contributed by atoms with van der Waals surface area (Å²) in [6, 6.07) is 10.3. The van der Waals surface area contributed by atoms with Crippen molar-refractivity contribution >= 4 is 0 Å². The number of hydrogen-bond donors (Lipinski definition) is 1. The monoisotopic (exact) mass is 205 g/mol. The summed E-state index contributed by atoms with van der Waals surface area (Å²) in [7, 11) is 0. The Balaban J connectivity index is 2.88. The predicted molar refractivity (Wildman–Crippen MR) is 54.4 cm³/mol. The Morgan fingerprint density at radius 2 is 2.13 bits per heavy atom. The maximum atomic E-state index is 10.5. The molecule has 1 aromatic rings. The molecule has 0 aromatic heterocycles. The Morgan fingerprint density at radius 3 is 2.60 bits per heavy atom. The minimum atomic E-state index is -0.552. The summed E-state index contributed by atoms with van der Waals surface area (Å²) in [5.41, 5.74) is 0.759. The van der Waals surface area contributed by atoms with E-state index in [0.29, 0.717) is 0 Å². The quantitative estimate of drug-likeness (QED) is 0.445. The minimum Gasteiger partial charge on any atom is -0.394 e. The molecule has 0 aliphatic rings. The molecule has 0 radical (unpaired) electrons. The molecule has 1 rings (SSSR count). The van der Waals surface area contributed by atoms with Gasteiger partial charge < -0.3 is 5.11 Å². The van der Waals surface area contributed by atoms with Crippen molar-refractivity contribution in [3.8, 4) is 6.07 Å². The van der Waals surface area contributed by atoms with Crippen LogP contribution in [0.15, 0.2) is 35.6 Å². The van der Waals surface area contributed by atoms with Crippen LogP contribution in [0.2, 0.25) is 0 Å². The molecule has 5 nitrogen and oxygen atoms in total. The highest BCUT2D eigenvalue weighted by Gasteiger charge is 2.18. The van der Waals surface area contributed by atoms with Gasteiger partial charge in [0.2, 0.25) is 0 Å². The number of rotatable bonds is 5. The average Bonchev–Trinajstić information content (AvgIpc) is 2.30. The van der Waals surface area contributed by atoms with Gasteiger partial charge in [-0.15, -0.1) is 4.91 Å². The van der Waals surface area contributed by atoms with Crippen molar-refractivity contribution < 1.29 is 5.11 Å². The highest BCUT2D eigenvalue weighted by molar-refractivity contribution is 5.19. The molecule has 1 atom stereocenters. The van der Waals surface area contributed by atoms with Gasteiger partial charge >= 0.3 is 0 Å². The van der Waals surface area contributed by atoms with Gasteiger partial charge in [-0.3, -0.25) is 0 Å². The van der Waals surface area contributed by atoms with Crippen LogP contribution in [0.4, 0.5) is 0 Å². The maximum absolute atomic E-state index is 10.5. The number of aliphatic hydroxyl groups is 1. The van der Waals surface area contributed by atoms with E-state index in [1.165, 1.54) is 0 Å². The number of benzene rings is 1. The van der Waals surface area contributed by atoms with E-state index in [9.17, 15) is 4.91 Å². The SMILES string of the molecule is N#CCN(N=O)C(CO)c1ccccc1. The van der Waals surface area contributed by atoms with Crippen LogP contribution in [0.3, 0.4) is 0 Å². The lowest BCUT2D eigenvalue weighted by atomic mass is 10.1. The first kappa shape index (κ1) is 11.1. The molecule has 0 heterocycles. The lowest BCUT2D eigenvalue weighted by Crippen LogP contribution is -2.26. The first-order valence-corrected chi connectivity index (χ1v) is 4.46. The number of hydrogen-bond acceptors (Lipinski definition) is 4. The van der Waals surface area contributed by atoms with E-state index in [4.69, 9.17) is 10.4 Å². The molecular weight excluding hydrogens is 194 g/mol. The number of nitrogens with zero attached hydrogens (tertiary/aromatic N) is 3. The van der Waals surface area contributed by atoms with Gasteiger partial charge in [-0.1, -0.05) is 30.3 Å². The van der Waals surface area contributed by atoms with Gasteiger partial charge in [0.15, 0.2) is 0 Å². The number of aliphatic hydroxyl groups excluding tert-OH is 1. The first-order valence-electron chi connectivity index (χ1n) is 4.46. The fourth-order valence-corrected chi connectivity index (χ4v) is 1.32. The van der Waals surface area contributed by atoms with Crippen LogP contribution in [-0.2, 0) is 0 Å². The summed E-state index contributed by atoms with van der Waals surface area (Å²) in [4.78, 5) is 10.5. The normalized spacial score (nSPS) is 11.5. The lowest BCUT2D eigenvalue weighted by molar-refractivity contribution is 0.138. The summed E-state index contributed by atoms with van der Waals surface area (Å²) in [5.74, 6) is 0. The second kappa shape index (κ2) is 5.73. The van der Waals surface area contributed by atoms with Crippen LogP contribution in [0.25, 0.3) is 0 Å². The molecule has 0 saturated carbocycles. The van der Waals surface area contributed by atoms with Crippen molar-refractivity contribution in [2.75, 3.05) is 13.2 Å². The molecule has 0 amide bonds. The van der Waals surface area contributed by atoms with Crippen molar-refractivity contribution in [2.24, 2.45) is 5.29 Å². The molecule has 1 N–H and O–H groups in total. The van der Waals surface area contributed by atoms with Gasteiger partial charge in [0.1, 0.15) is 6.54 Å². The standard InChI is InChI=1S/C10H11N3O2/c11-6-7-13(12-15)10(8-14)9-4-2-1-3-5-9/h1-5,10,14H,7-8H2. The summed E-state index contributed by atoms with van der Waals surface area (Å²) in [5, 5.41) is 21.4. The van der Waals surface area contributed by atoms with E-state index >= 15 is 0 Å². The molecule has 0 bridgehead atoms. The van der Waals surface area contributed by atoms with Crippen molar-refractivity contribution in [3.63, 3.8) is 0 Å². The predicted octanol–water partition coefficient (Wildman–Crippen LogP) is 1.23. The number of nitroso groups, excluding NO2 is 1. The Kier molecular flexibility index (Phi) is 4.26. The Bertz CT molecular complexity index is 347. The Hall–Kier alpha value is -1.93. The summed E-state index contributed by atoms with van der Waals surface area (Å²) < 4.78 is 0. The third-order valence-electron chi connectivity index (χ3n) is 2.05. The van der Waals surface area contributed by atoms with Gasteiger partial charge in [-0.2, -0.15) is 5.26 Å². The van der Waals surface area contributed by atoms with E-state index in [0.717, 1.165) is 10.6 Å². The largest absolute Gasteiger partial charge is 0.394 e. The maximum Gasteiger partial charge on any atom is 0.127 e. The van der Waals surface area contributed by atoms with Gasteiger partial charge in [-0.05, 0) is 5.56 Å². The Labute approximate surface area is 87.5 Å². The van der Waals surface area contributed by atoms with Crippen LogP contribution >= 0.6 is 0 Å². The van der Waals surface area contributed by atoms with Crippen LogP contribution < -0.4 is 0 Å². The molecule has 0 spiro atoms. The molecule has 0 saturated heterocycles. The van der Waals surface area contributed by atoms with Crippen LogP contribution in [0.5, 0.6) is 0 Å². The fourth-order valence-electron chi connectivity index (χ4n) is 1.32. The van der Waals surface area contributed by atoms with E-state index < -0.39 is 6.04 Å². The molecule has 0 aliphatic heterocycles. The average molecular weight is 205 g/mol. The minimum absolute atomic E-state index is 0.135. The second-order valence-corrected chi connectivity index (χ2v) is 2.95. The zero-order valence-electron chi connectivity index (χ0n) is 8.08. The van der Waals surface area contributed by atoms with Crippen molar-refractivity contribution in [3.05, 3.63) is 40.8 Å². The smallest absolute Gasteiger partial charge is 0.127 e. The fraction of sp³-hybridized carbons (Fsp3) is 0.300. The summed E-state index contributed by atoms with van der Waals surface area (Å²) in [6.07, 6.45) is 0. The molecular formula is C10H11N3O2. The van der Waals surface area contributed by atoms with Crippen molar-refractivity contribution in [1.82, 2.24) is 5.01 Å². The summed E-state index contributed by atoms with van der Waals surface area (Å²) >= 11 is 0. The molecule has 0 fully saturated rings. The molecule has 15 heavy (non-hydrogen) atoms. The molecule has 5 heteroatoms. The molecule has 1 aromatic carbocycles. The highest BCUT2D eigenvalue weighted by atomic mass is 16.3. The van der Waals surface area contributed by atoms with Crippen LogP contribution in [0.1, 0.15) is 11.6 Å². The van der Waals surface area contributed by atoms with Crippen LogP contribution in [-0.4, -0.2) is 23.3 Å². The molecule has 1 unspecified atom stereocenters. The van der Waals surface area contributed by atoms with Crippen LogP contribution in [0, 0.1) is 16.2 Å². The van der Waals surface area contributed by atoms with Gasteiger partial charge in [0.05, 0.1) is 24.0 Å². The third-order valence-corrected chi connectivity index (χ3v) is 2.05. The first-order chi connectivity index (χ1) is 7.33. The highest BCUT2D eigenvalue weighted by Crippen LogP contribution is 2.19. The number of nitriles is 1. The van der Waals surface area contributed by atoms with Gasteiger partial charge in [-0.25, -0.2) is 5.01 Å². The summed E-state index contributed by atoms with van der Waals surface area (Å²) in [6.45, 7) is -0.388. The van der Waals surface area contributed by atoms with Crippen molar-refractivity contribution in [1.29, 1.82) is 5.26 Å². The Morgan fingerprint density at radius 1 is 1.47 bits per heavy atom. The van der Waals surface area contributed by atoms with Crippen molar-refractivity contribution in [2.45, 2.75) is 6.04 Å². The molecule has 0 aliphatic carbocycles. The zero-order valence-corrected chi connectivity index (χ0v) is 8.08.